The maximum atomic E-state index is 11.0. The summed E-state index contributed by atoms with van der Waals surface area (Å²) in [7, 11) is 0. The summed E-state index contributed by atoms with van der Waals surface area (Å²) >= 11 is 0. The van der Waals surface area contributed by atoms with Crippen LogP contribution in [-0.4, -0.2) is 22.6 Å². The van der Waals surface area contributed by atoms with Crippen molar-refractivity contribution in [2.75, 3.05) is 17.6 Å². The highest BCUT2D eigenvalue weighted by Crippen LogP contribution is 2.15. The number of carboxylic acids is 1. The van der Waals surface area contributed by atoms with E-state index in [1.165, 1.54) is 12.3 Å². The van der Waals surface area contributed by atoms with Crippen molar-refractivity contribution in [3.8, 4) is 0 Å². The van der Waals surface area contributed by atoms with Gasteiger partial charge in [-0.2, -0.15) is 0 Å². The number of carboxylic acid groups (broad SMARTS) is 1. The minimum atomic E-state index is -1.02. The molecule has 5 heteroatoms. The number of pyridine rings is 1. The maximum absolute atomic E-state index is 11.0. The number of aromatic nitrogens is 1. The van der Waals surface area contributed by atoms with Crippen LogP contribution in [0.3, 0.4) is 0 Å². The Labute approximate surface area is 101 Å². The van der Waals surface area contributed by atoms with Crippen molar-refractivity contribution >= 4 is 17.5 Å². The van der Waals surface area contributed by atoms with Crippen LogP contribution in [0.1, 0.15) is 37.0 Å². The first-order valence-electron chi connectivity index (χ1n) is 5.73. The number of nitrogens with one attached hydrogen (secondary N) is 1. The van der Waals surface area contributed by atoms with Crippen molar-refractivity contribution < 1.29 is 9.90 Å². The Morgan fingerprint density at radius 1 is 1.59 bits per heavy atom. The second kappa shape index (κ2) is 6.08. The van der Waals surface area contributed by atoms with E-state index in [1.807, 2.05) is 0 Å². The standard InChI is InChI=1S/C12H19N3O2/c1-8(2)4-3-5-14-11-10(12(16)17)6-9(13)7-15-11/h6-8H,3-5,13H2,1-2H3,(H,14,15)(H,16,17). The molecule has 94 valence electrons. The Balaban J connectivity index is 2.61. The normalized spacial score (nSPS) is 10.5. The molecule has 0 bridgehead atoms. The highest BCUT2D eigenvalue weighted by molar-refractivity contribution is 5.94. The van der Waals surface area contributed by atoms with Gasteiger partial charge in [-0.3, -0.25) is 0 Å². The molecule has 0 aliphatic heterocycles. The fourth-order valence-corrected chi connectivity index (χ4v) is 1.50. The third-order valence-electron chi connectivity index (χ3n) is 2.39. The second-order valence-corrected chi connectivity index (χ2v) is 4.43. The monoisotopic (exact) mass is 237 g/mol. The van der Waals surface area contributed by atoms with Gasteiger partial charge in [0.25, 0.3) is 0 Å². The number of nitrogen functional groups attached to an aromatic ring is 1. The van der Waals surface area contributed by atoms with E-state index in [-0.39, 0.29) is 5.56 Å². The van der Waals surface area contributed by atoms with Crippen molar-refractivity contribution in [3.63, 3.8) is 0 Å². The summed E-state index contributed by atoms with van der Waals surface area (Å²) in [4.78, 5) is 15.0. The predicted molar refractivity (Wildman–Crippen MR) is 68.2 cm³/mol. The average molecular weight is 237 g/mol. The van der Waals surface area contributed by atoms with E-state index in [1.54, 1.807) is 0 Å². The molecule has 1 heterocycles. The van der Waals surface area contributed by atoms with Gasteiger partial charge in [0.2, 0.25) is 0 Å². The topological polar surface area (TPSA) is 88.2 Å². The molecular formula is C12H19N3O2. The molecule has 4 N–H and O–H groups in total. The van der Waals surface area contributed by atoms with Crippen LogP contribution in [0.15, 0.2) is 12.3 Å². The molecule has 0 unspecified atom stereocenters. The summed E-state index contributed by atoms with van der Waals surface area (Å²) in [5.41, 5.74) is 5.98. The summed E-state index contributed by atoms with van der Waals surface area (Å²) in [6.45, 7) is 5.03. The van der Waals surface area contributed by atoms with Gasteiger partial charge in [-0.1, -0.05) is 13.8 Å². The van der Waals surface area contributed by atoms with Gasteiger partial charge in [-0.25, -0.2) is 9.78 Å². The third kappa shape index (κ3) is 4.30. The van der Waals surface area contributed by atoms with E-state index in [9.17, 15) is 4.79 Å². The Morgan fingerprint density at radius 2 is 2.29 bits per heavy atom. The van der Waals surface area contributed by atoms with E-state index < -0.39 is 5.97 Å². The molecule has 0 atom stereocenters. The molecule has 5 nitrogen and oxygen atoms in total. The summed E-state index contributed by atoms with van der Waals surface area (Å²) in [5, 5.41) is 12.0. The number of nitrogens with two attached hydrogens (primary N) is 1. The number of rotatable bonds is 6. The first-order chi connectivity index (χ1) is 8.00. The molecule has 1 aromatic heterocycles. The lowest BCUT2D eigenvalue weighted by Gasteiger charge is -2.09. The summed E-state index contributed by atoms with van der Waals surface area (Å²) in [6, 6.07) is 1.42. The van der Waals surface area contributed by atoms with Crippen molar-refractivity contribution in [3.05, 3.63) is 17.8 Å². The summed E-state index contributed by atoms with van der Waals surface area (Å²) in [5.74, 6) is 0.0155. The van der Waals surface area contributed by atoms with Gasteiger partial charge in [0.15, 0.2) is 0 Å². The van der Waals surface area contributed by atoms with Gasteiger partial charge >= 0.3 is 5.97 Å². The van der Waals surface area contributed by atoms with Gasteiger partial charge in [0.1, 0.15) is 11.4 Å². The van der Waals surface area contributed by atoms with Crippen LogP contribution in [0.4, 0.5) is 11.5 Å². The van der Waals surface area contributed by atoms with Crippen molar-refractivity contribution in [2.45, 2.75) is 26.7 Å². The smallest absolute Gasteiger partial charge is 0.339 e. The zero-order chi connectivity index (χ0) is 12.8. The largest absolute Gasteiger partial charge is 0.478 e. The zero-order valence-corrected chi connectivity index (χ0v) is 10.2. The molecule has 0 aliphatic rings. The number of carbonyl (C=O) groups is 1. The first-order valence-corrected chi connectivity index (χ1v) is 5.73. The molecule has 0 saturated heterocycles. The molecule has 0 spiro atoms. The van der Waals surface area contributed by atoms with Crippen molar-refractivity contribution in [2.24, 2.45) is 5.92 Å². The SMILES string of the molecule is CC(C)CCCNc1ncc(N)cc1C(=O)O. The molecule has 0 amide bonds. The van der Waals surface area contributed by atoms with Crippen molar-refractivity contribution in [1.29, 1.82) is 0 Å². The minimum Gasteiger partial charge on any atom is -0.478 e. The van der Waals surface area contributed by atoms with Gasteiger partial charge in [-0.05, 0) is 24.8 Å². The quantitative estimate of drug-likeness (QED) is 0.660. The van der Waals surface area contributed by atoms with E-state index in [0.29, 0.717) is 17.4 Å². The predicted octanol–water partition coefficient (Wildman–Crippen LogP) is 2.21. The lowest BCUT2D eigenvalue weighted by molar-refractivity contribution is 0.0697. The molecular weight excluding hydrogens is 218 g/mol. The van der Waals surface area contributed by atoms with Crippen LogP contribution in [0, 0.1) is 5.92 Å². The van der Waals surface area contributed by atoms with Crippen LogP contribution < -0.4 is 11.1 Å². The molecule has 1 aromatic rings. The van der Waals surface area contributed by atoms with Gasteiger partial charge in [0, 0.05) is 6.54 Å². The number of anilines is 2. The Morgan fingerprint density at radius 3 is 2.88 bits per heavy atom. The Kier molecular flexibility index (Phi) is 4.75. The molecule has 0 aliphatic carbocycles. The minimum absolute atomic E-state index is 0.120. The van der Waals surface area contributed by atoms with Crippen LogP contribution in [0.25, 0.3) is 0 Å². The number of hydrogen-bond donors (Lipinski definition) is 3. The average Bonchev–Trinajstić information content (AvgIpc) is 2.25. The van der Waals surface area contributed by atoms with E-state index in [0.717, 1.165) is 19.4 Å². The molecule has 0 saturated carbocycles. The third-order valence-corrected chi connectivity index (χ3v) is 2.39. The van der Waals surface area contributed by atoms with Gasteiger partial charge in [-0.15, -0.1) is 0 Å². The van der Waals surface area contributed by atoms with Crippen molar-refractivity contribution in [1.82, 2.24) is 4.98 Å². The van der Waals surface area contributed by atoms with Crippen LogP contribution in [0.5, 0.6) is 0 Å². The molecule has 0 fully saturated rings. The molecule has 17 heavy (non-hydrogen) atoms. The molecule has 0 radical (unpaired) electrons. The first kappa shape index (κ1) is 13.3. The molecule has 1 rings (SSSR count). The fraction of sp³-hybridized carbons (Fsp3) is 0.500. The Hall–Kier alpha value is -1.78. The second-order valence-electron chi connectivity index (χ2n) is 4.43. The van der Waals surface area contributed by atoms with E-state index >= 15 is 0 Å². The summed E-state index contributed by atoms with van der Waals surface area (Å²) < 4.78 is 0. The summed E-state index contributed by atoms with van der Waals surface area (Å²) in [6.07, 6.45) is 3.55. The highest BCUT2D eigenvalue weighted by atomic mass is 16.4. The van der Waals surface area contributed by atoms with E-state index in [4.69, 9.17) is 10.8 Å². The fourth-order valence-electron chi connectivity index (χ4n) is 1.50. The van der Waals surface area contributed by atoms with E-state index in [2.05, 4.69) is 24.1 Å². The number of nitrogens with zero attached hydrogens (tertiary/aromatic N) is 1. The highest BCUT2D eigenvalue weighted by Gasteiger charge is 2.11. The Bertz CT molecular complexity index is 391. The van der Waals surface area contributed by atoms with Crippen LogP contribution in [0.2, 0.25) is 0 Å². The maximum Gasteiger partial charge on any atom is 0.339 e. The lowest BCUT2D eigenvalue weighted by atomic mass is 10.1. The van der Waals surface area contributed by atoms with Crippen LogP contribution >= 0.6 is 0 Å². The van der Waals surface area contributed by atoms with Crippen LogP contribution in [-0.2, 0) is 0 Å². The lowest BCUT2D eigenvalue weighted by Crippen LogP contribution is -2.10. The molecule has 0 aromatic carbocycles. The van der Waals surface area contributed by atoms with Gasteiger partial charge in [0.05, 0.1) is 11.9 Å². The van der Waals surface area contributed by atoms with Gasteiger partial charge < -0.3 is 16.2 Å². The zero-order valence-electron chi connectivity index (χ0n) is 10.2. The number of aromatic carboxylic acids is 1. The number of hydrogen-bond acceptors (Lipinski definition) is 4.